The molecule has 0 bridgehead atoms. The Morgan fingerprint density at radius 1 is 0.976 bits per heavy atom. The first-order chi connectivity index (χ1) is 20.1. The molecule has 0 fully saturated rings. The number of benzene rings is 3. The van der Waals surface area contributed by atoms with Crippen molar-refractivity contribution in [2.24, 2.45) is 0 Å². The van der Waals surface area contributed by atoms with E-state index < -0.39 is 11.9 Å². The molecule has 0 aliphatic rings. The molecule has 3 heterocycles. The van der Waals surface area contributed by atoms with E-state index in [-0.39, 0.29) is 6.42 Å². The molecule has 0 spiro atoms. The molecule has 0 aliphatic heterocycles. The number of fused-ring (bicyclic) bond motifs is 2. The highest BCUT2D eigenvalue weighted by Crippen LogP contribution is 2.35. The molecule has 0 amide bonds. The summed E-state index contributed by atoms with van der Waals surface area (Å²) < 4.78 is 7.48. The van der Waals surface area contributed by atoms with Crippen molar-refractivity contribution >= 4 is 34.1 Å². The molecule has 41 heavy (non-hydrogen) atoms. The molecule has 204 valence electrons. The molecule has 0 saturated heterocycles. The van der Waals surface area contributed by atoms with Crippen molar-refractivity contribution in [3.05, 3.63) is 102 Å². The van der Waals surface area contributed by atoms with Crippen LogP contribution in [-0.4, -0.2) is 31.9 Å². The van der Waals surface area contributed by atoms with Crippen LogP contribution in [0, 0.1) is 0 Å². The summed E-state index contributed by atoms with van der Waals surface area (Å²) in [5.41, 5.74) is 6.00. The van der Waals surface area contributed by atoms with E-state index >= 15 is 0 Å². The maximum Gasteiger partial charge on any atom is 0.311 e. The molecule has 1 atom stereocenters. The number of carboxylic acids is 1. The molecule has 1 unspecified atom stereocenters. The largest absolute Gasteiger partial charge is 0.481 e. The van der Waals surface area contributed by atoms with Gasteiger partial charge in [0.2, 0.25) is 5.95 Å². The van der Waals surface area contributed by atoms with E-state index in [1.165, 1.54) is 5.56 Å². The smallest absolute Gasteiger partial charge is 0.311 e. The number of aldehydes is 1. The number of furan rings is 1. The number of hydrogen-bond donors (Lipinski definition) is 1. The lowest BCUT2D eigenvalue weighted by Gasteiger charge is -2.12. The van der Waals surface area contributed by atoms with Gasteiger partial charge in [0.25, 0.3) is 0 Å². The van der Waals surface area contributed by atoms with Crippen LogP contribution in [0.4, 0.5) is 0 Å². The van der Waals surface area contributed by atoms with E-state index in [0.717, 1.165) is 63.6 Å². The third-order valence-electron chi connectivity index (χ3n) is 7.50. The number of unbranched alkanes of at least 4 members (excludes halogenated alkanes) is 1. The van der Waals surface area contributed by atoms with Gasteiger partial charge in [-0.3, -0.25) is 9.36 Å². The lowest BCUT2D eigenvalue weighted by Crippen LogP contribution is -2.12. The van der Waals surface area contributed by atoms with Gasteiger partial charge in [0.05, 0.1) is 28.9 Å². The van der Waals surface area contributed by atoms with Crippen LogP contribution in [-0.2, 0) is 16.0 Å². The zero-order valence-electron chi connectivity index (χ0n) is 22.7. The van der Waals surface area contributed by atoms with Crippen LogP contribution in [0.3, 0.4) is 0 Å². The standard InChI is InChI=1S/C34H29N3O4/c1-2-3-7-22-11-13-23(14-12-22)32-27-20-24(31-10-6-19-41-31)15-16-29(27)35-34(36-32)37-21-28(26(17-18-38)33(39)40)25-8-4-5-9-30(25)37/h4-6,8-16,18-21,26H,2-3,7,17H2,1H3,(H,39,40). The van der Waals surface area contributed by atoms with E-state index in [2.05, 4.69) is 31.2 Å². The third-order valence-corrected chi connectivity index (χ3v) is 7.50. The highest BCUT2D eigenvalue weighted by atomic mass is 16.4. The zero-order valence-corrected chi connectivity index (χ0v) is 22.7. The predicted molar refractivity (Wildman–Crippen MR) is 159 cm³/mol. The highest BCUT2D eigenvalue weighted by Gasteiger charge is 2.25. The van der Waals surface area contributed by atoms with Crippen LogP contribution in [0.25, 0.3) is 50.3 Å². The van der Waals surface area contributed by atoms with Gasteiger partial charge >= 0.3 is 5.97 Å². The fraction of sp³-hybridized carbons (Fsp3) is 0.176. The highest BCUT2D eigenvalue weighted by molar-refractivity contribution is 5.96. The molecule has 7 nitrogen and oxygen atoms in total. The monoisotopic (exact) mass is 543 g/mol. The Morgan fingerprint density at radius 2 is 1.78 bits per heavy atom. The van der Waals surface area contributed by atoms with Crippen LogP contribution < -0.4 is 0 Å². The number of para-hydroxylation sites is 1. The van der Waals surface area contributed by atoms with Gasteiger partial charge in [0, 0.05) is 34.5 Å². The van der Waals surface area contributed by atoms with Crippen LogP contribution in [0.5, 0.6) is 0 Å². The summed E-state index contributed by atoms with van der Waals surface area (Å²) in [6.45, 7) is 2.19. The van der Waals surface area contributed by atoms with Gasteiger partial charge in [0.1, 0.15) is 12.0 Å². The van der Waals surface area contributed by atoms with E-state index in [4.69, 9.17) is 14.4 Å². The Morgan fingerprint density at radius 3 is 2.51 bits per heavy atom. The van der Waals surface area contributed by atoms with Gasteiger partial charge in [-0.2, -0.15) is 0 Å². The summed E-state index contributed by atoms with van der Waals surface area (Å²) in [6.07, 6.45) is 7.24. The topological polar surface area (TPSA) is 98.2 Å². The second kappa shape index (κ2) is 11.2. The van der Waals surface area contributed by atoms with Crippen molar-refractivity contribution in [1.82, 2.24) is 14.5 Å². The van der Waals surface area contributed by atoms with Crippen molar-refractivity contribution in [3.8, 4) is 28.5 Å². The van der Waals surface area contributed by atoms with Gasteiger partial charge in [-0.1, -0.05) is 55.8 Å². The van der Waals surface area contributed by atoms with Crippen LogP contribution in [0.2, 0.25) is 0 Å². The number of carbonyl (C=O) groups excluding carboxylic acids is 1. The lowest BCUT2D eigenvalue weighted by molar-refractivity contribution is -0.139. The Hall–Kier alpha value is -5.04. The number of aliphatic carboxylic acids is 1. The predicted octanol–water partition coefficient (Wildman–Crippen LogP) is 7.60. The van der Waals surface area contributed by atoms with Crippen molar-refractivity contribution < 1.29 is 19.1 Å². The van der Waals surface area contributed by atoms with Crippen molar-refractivity contribution in [1.29, 1.82) is 0 Å². The van der Waals surface area contributed by atoms with Gasteiger partial charge < -0.3 is 14.3 Å². The summed E-state index contributed by atoms with van der Waals surface area (Å²) in [5, 5.41) is 11.5. The first-order valence-corrected chi connectivity index (χ1v) is 13.8. The summed E-state index contributed by atoms with van der Waals surface area (Å²) in [5.74, 6) is -0.836. The average molecular weight is 544 g/mol. The first kappa shape index (κ1) is 26.2. The Balaban J connectivity index is 1.56. The van der Waals surface area contributed by atoms with E-state index in [1.807, 2.05) is 59.2 Å². The second-order valence-corrected chi connectivity index (χ2v) is 10.1. The molecule has 7 heteroatoms. The molecular weight excluding hydrogens is 514 g/mol. The summed E-state index contributed by atoms with van der Waals surface area (Å²) in [6, 6.07) is 25.8. The number of aromatic nitrogens is 3. The minimum atomic E-state index is -1.05. The molecule has 0 aliphatic carbocycles. The minimum absolute atomic E-state index is 0.118. The van der Waals surface area contributed by atoms with E-state index in [9.17, 15) is 14.7 Å². The number of nitrogens with zero attached hydrogens (tertiary/aromatic N) is 3. The van der Waals surface area contributed by atoms with Gasteiger partial charge in [-0.15, -0.1) is 0 Å². The molecule has 0 radical (unpaired) electrons. The molecule has 0 saturated carbocycles. The van der Waals surface area contributed by atoms with E-state index in [0.29, 0.717) is 17.8 Å². The average Bonchev–Trinajstić information content (AvgIpc) is 3.67. The van der Waals surface area contributed by atoms with Gasteiger partial charge in [-0.05, 0) is 60.4 Å². The number of aryl methyl sites for hydroxylation is 1. The first-order valence-electron chi connectivity index (χ1n) is 13.8. The number of carbonyl (C=O) groups is 2. The molecular formula is C34H29N3O4. The molecule has 3 aromatic carbocycles. The molecule has 6 aromatic rings. The van der Waals surface area contributed by atoms with Gasteiger partial charge in [-0.25, -0.2) is 9.97 Å². The summed E-state index contributed by atoms with van der Waals surface area (Å²) in [4.78, 5) is 33.5. The van der Waals surface area contributed by atoms with Crippen molar-refractivity contribution in [3.63, 3.8) is 0 Å². The second-order valence-electron chi connectivity index (χ2n) is 10.1. The number of carboxylic acid groups (broad SMARTS) is 1. The molecule has 1 N–H and O–H groups in total. The van der Waals surface area contributed by atoms with E-state index in [1.54, 1.807) is 12.5 Å². The molecule has 6 rings (SSSR count). The zero-order chi connectivity index (χ0) is 28.3. The van der Waals surface area contributed by atoms with Crippen LogP contribution in [0.15, 0.2) is 95.7 Å². The van der Waals surface area contributed by atoms with Crippen molar-refractivity contribution in [2.45, 2.75) is 38.5 Å². The fourth-order valence-corrected chi connectivity index (χ4v) is 5.36. The summed E-state index contributed by atoms with van der Waals surface area (Å²) >= 11 is 0. The Labute approximate surface area is 237 Å². The fourth-order valence-electron chi connectivity index (χ4n) is 5.36. The maximum atomic E-state index is 12.1. The third kappa shape index (κ3) is 5.02. The quantitative estimate of drug-likeness (QED) is 0.179. The number of hydrogen-bond acceptors (Lipinski definition) is 5. The maximum absolute atomic E-state index is 12.1. The summed E-state index contributed by atoms with van der Waals surface area (Å²) in [7, 11) is 0. The Bertz CT molecular complexity index is 1850. The Kier molecular flexibility index (Phi) is 7.17. The lowest BCUT2D eigenvalue weighted by atomic mass is 9.96. The molecule has 3 aromatic heterocycles. The van der Waals surface area contributed by atoms with Crippen LogP contribution in [0.1, 0.15) is 43.2 Å². The normalized spacial score (nSPS) is 12.1. The van der Waals surface area contributed by atoms with Crippen LogP contribution >= 0.6 is 0 Å². The van der Waals surface area contributed by atoms with Gasteiger partial charge in [0.15, 0.2) is 0 Å². The minimum Gasteiger partial charge on any atom is -0.481 e. The number of rotatable bonds is 10. The SMILES string of the molecule is CCCCc1ccc(-c2nc(-n3cc(C(CC=O)C(=O)O)c4ccccc43)nc3ccc(-c4ccco4)cc23)cc1. The van der Waals surface area contributed by atoms with Crippen molar-refractivity contribution in [2.75, 3.05) is 0 Å².